The Hall–Kier alpha value is -3.81. The van der Waals surface area contributed by atoms with Crippen LogP contribution in [-0.2, 0) is 6.42 Å². The Morgan fingerprint density at radius 3 is 2.96 bits per heavy atom. The smallest absolute Gasteiger partial charge is 0.332 e. The second-order valence-electron chi connectivity index (χ2n) is 6.12. The maximum absolute atomic E-state index is 10.8. The lowest BCUT2D eigenvalue weighted by Crippen LogP contribution is -2.25. The average molecular weight is 359 g/mol. The summed E-state index contributed by atoms with van der Waals surface area (Å²) < 4.78 is 1.78. The van der Waals surface area contributed by atoms with Gasteiger partial charge in [0.2, 0.25) is 0 Å². The van der Waals surface area contributed by atoms with Gasteiger partial charge in [-0.3, -0.25) is 4.98 Å². The molecular weight excluding hydrogens is 342 g/mol. The molecule has 4 aromatic rings. The third-order valence-electron chi connectivity index (χ3n) is 4.19. The van der Waals surface area contributed by atoms with Crippen molar-refractivity contribution in [3.63, 3.8) is 0 Å². The van der Waals surface area contributed by atoms with E-state index in [-0.39, 0.29) is 0 Å². The Bertz CT molecular complexity index is 1180. The number of imidazole rings is 1. The van der Waals surface area contributed by atoms with E-state index < -0.39 is 6.03 Å². The Morgan fingerprint density at radius 2 is 2.11 bits per heavy atom. The number of nitrogens with zero attached hydrogens (tertiary/aromatic N) is 5. The highest BCUT2D eigenvalue weighted by molar-refractivity contribution is 5.97. The number of urea groups is 1. The van der Waals surface area contributed by atoms with Crippen LogP contribution in [-0.4, -0.2) is 31.3 Å². The van der Waals surface area contributed by atoms with Crippen LogP contribution >= 0.6 is 0 Å². The van der Waals surface area contributed by atoms with Crippen LogP contribution in [0.15, 0.2) is 60.0 Å². The van der Waals surface area contributed by atoms with Crippen molar-refractivity contribution in [1.82, 2.24) is 25.0 Å². The minimum Gasteiger partial charge on any atom is -0.350 e. The Morgan fingerprint density at radius 1 is 1.22 bits per heavy atom. The summed E-state index contributed by atoms with van der Waals surface area (Å²) in [5, 5.41) is 9.61. The fourth-order valence-corrected chi connectivity index (χ4v) is 2.87. The van der Waals surface area contributed by atoms with Gasteiger partial charge in [-0.2, -0.15) is 10.2 Å². The van der Waals surface area contributed by atoms with E-state index in [0.29, 0.717) is 17.8 Å². The minimum absolute atomic E-state index is 0.548. The molecular formula is C19H17N7O. The molecule has 0 saturated carbocycles. The normalized spacial score (nSPS) is 11.8. The summed E-state index contributed by atoms with van der Waals surface area (Å²) in [5.74, 6) is 0. The quantitative estimate of drug-likeness (QED) is 0.430. The third-order valence-corrected chi connectivity index (χ3v) is 4.19. The van der Waals surface area contributed by atoms with Crippen LogP contribution in [0.1, 0.15) is 23.9 Å². The first-order valence-corrected chi connectivity index (χ1v) is 8.37. The van der Waals surface area contributed by atoms with E-state index in [2.05, 4.69) is 37.7 Å². The summed E-state index contributed by atoms with van der Waals surface area (Å²) in [6, 6.07) is 13.1. The fraction of sp³-hybridized carbons (Fsp3) is 0.105. The molecule has 1 aromatic carbocycles. The van der Waals surface area contributed by atoms with E-state index in [1.165, 1.54) is 0 Å². The number of pyridine rings is 1. The van der Waals surface area contributed by atoms with Gasteiger partial charge in [0, 0.05) is 18.0 Å². The van der Waals surface area contributed by atoms with Crippen molar-refractivity contribution in [3.05, 3.63) is 71.8 Å². The van der Waals surface area contributed by atoms with Gasteiger partial charge < -0.3 is 5.73 Å². The third kappa shape index (κ3) is 3.45. The molecule has 0 aliphatic heterocycles. The predicted molar refractivity (Wildman–Crippen MR) is 102 cm³/mol. The number of benzene rings is 1. The van der Waals surface area contributed by atoms with Crippen LogP contribution in [0.2, 0.25) is 0 Å². The zero-order valence-corrected chi connectivity index (χ0v) is 14.6. The Balaban J connectivity index is 1.67. The molecule has 0 fully saturated rings. The van der Waals surface area contributed by atoms with Gasteiger partial charge in [0.25, 0.3) is 0 Å². The zero-order chi connectivity index (χ0) is 18.8. The number of primary amides is 1. The number of rotatable bonds is 4. The molecule has 2 amide bonds. The summed E-state index contributed by atoms with van der Waals surface area (Å²) in [5.41, 5.74) is 12.2. The van der Waals surface area contributed by atoms with Gasteiger partial charge in [-0.1, -0.05) is 12.1 Å². The lowest BCUT2D eigenvalue weighted by molar-refractivity contribution is 0.249. The molecule has 0 aliphatic carbocycles. The van der Waals surface area contributed by atoms with E-state index in [4.69, 9.17) is 5.73 Å². The van der Waals surface area contributed by atoms with Gasteiger partial charge in [-0.25, -0.2) is 19.7 Å². The molecule has 3 aromatic heterocycles. The molecule has 3 heterocycles. The van der Waals surface area contributed by atoms with Crippen LogP contribution in [0.5, 0.6) is 0 Å². The maximum atomic E-state index is 10.8. The topological polar surface area (TPSA) is 111 Å². The zero-order valence-electron chi connectivity index (χ0n) is 14.6. The number of fused-ring (bicyclic) bond motifs is 2. The number of hydrogen-bond acceptors (Lipinski definition) is 5. The highest BCUT2D eigenvalue weighted by Crippen LogP contribution is 2.17. The Labute approximate surface area is 154 Å². The summed E-state index contributed by atoms with van der Waals surface area (Å²) in [7, 11) is 0. The number of amides is 2. The highest BCUT2D eigenvalue weighted by Gasteiger charge is 2.09. The second-order valence-corrected chi connectivity index (χ2v) is 6.12. The molecule has 0 unspecified atom stereocenters. The number of hydrazone groups is 1. The molecule has 0 atom stereocenters. The van der Waals surface area contributed by atoms with Crippen LogP contribution in [0, 0.1) is 0 Å². The first-order valence-electron chi connectivity index (χ1n) is 8.37. The van der Waals surface area contributed by atoms with Gasteiger partial charge in [0.1, 0.15) is 5.69 Å². The monoisotopic (exact) mass is 359 g/mol. The van der Waals surface area contributed by atoms with E-state index in [9.17, 15) is 4.79 Å². The minimum atomic E-state index is -0.718. The Kier molecular flexibility index (Phi) is 4.21. The highest BCUT2D eigenvalue weighted by atomic mass is 16.2. The molecule has 0 aliphatic rings. The number of hydrogen-bond donors (Lipinski definition) is 2. The molecule has 134 valence electrons. The van der Waals surface area contributed by atoms with Gasteiger partial charge in [0.05, 0.1) is 23.1 Å². The molecule has 3 N–H and O–H groups in total. The number of carbonyl (C=O) groups is 1. The number of carbonyl (C=O) groups excluding carboxylic acids is 1. The van der Waals surface area contributed by atoms with Crippen molar-refractivity contribution in [3.8, 4) is 0 Å². The summed E-state index contributed by atoms with van der Waals surface area (Å²) in [4.78, 5) is 19.6. The van der Waals surface area contributed by atoms with Crippen LogP contribution in [0.3, 0.4) is 0 Å². The predicted octanol–water partition coefficient (Wildman–Crippen LogP) is 2.26. The van der Waals surface area contributed by atoms with Crippen molar-refractivity contribution in [2.24, 2.45) is 10.8 Å². The number of nitrogens with one attached hydrogen (secondary N) is 1. The molecule has 4 rings (SSSR count). The molecule has 8 nitrogen and oxygen atoms in total. The second kappa shape index (κ2) is 6.83. The summed E-state index contributed by atoms with van der Waals surface area (Å²) in [6.45, 7) is 1.75. The lowest BCUT2D eigenvalue weighted by atomic mass is 10.1. The average Bonchev–Trinajstić information content (AvgIpc) is 3.08. The van der Waals surface area contributed by atoms with Crippen molar-refractivity contribution >= 4 is 28.3 Å². The molecule has 0 saturated heterocycles. The standard InChI is InChI=1S/C19H17N7O/c1-12(23-24-19(20)27)16-6-7-18-22-11-15(26(18)25-16)10-13-4-5-17-14(9-13)3-2-8-21-17/h2-9,11H,10H2,1H3,(H3,20,24,27)/b23-12+. The van der Waals surface area contributed by atoms with Crippen molar-refractivity contribution < 1.29 is 4.79 Å². The van der Waals surface area contributed by atoms with E-state index in [1.807, 2.05) is 30.5 Å². The van der Waals surface area contributed by atoms with Crippen molar-refractivity contribution in [2.75, 3.05) is 0 Å². The van der Waals surface area contributed by atoms with Crippen molar-refractivity contribution in [1.29, 1.82) is 0 Å². The van der Waals surface area contributed by atoms with Crippen molar-refractivity contribution in [2.45, 2.75) is 13.3 Å². The molecule has 27 heavy (non-hydrogen) atoms. The number of nitrogens with two attached hydrogens (primary N) is 1. The number of aromatic nitrogens is 4. The van der Waals surface area contributed by atoms with Gasteiger partial charge in [-0.15, -0.1) is 0 Å². The van der Waals surface area contributed by atoms with Gasteiger partial charge in [0.15, 0.2) is 5.65 Å². The van der Waals surface area contributed by atoms with E-state index >= 15 is 0 Å². The van der Waals surface area contributed by atoms with Crippen LogP contribution < -0.4 is 11.2 Å². The molecule has 0 spiro atoms. The van der Waals surface area contributed by atoms with Crippen LogP contribution in [0.4, 0.5) is 4.79 Å². The van der Waals surface area contributed by atoms with E-state index in [0.717, 1.165) is 27.8 Å². The first kappa shape index (κ1) is 16.6. The maximum Gasteiger partial charge on any atom is 0.332 e. The van der Waals surface area contributed by atoms with Gasteiger partial charge in [-0.05, 0) is 42.8 Å². The van der Waals surface area contributed by atoms with Gasteiger partial charge >= 0.3 is 6.03 Å². The summed E-state index contributed by atoms with van der Waals surface area (Å²) in [6.07, 6.45) is 4.28. The first-order chi connectivity index (χ1) is 13.1. The van der Waals surface area contributed by atoms with E-state index in [1.54, 1.807) is 23.7 Å². The SMILES string of the molecule is C/C(=N\NC(N)=O)c1ccc2ncc(Cc3ccc4ncccc4c3)n2n1. The fourth-order valence-electron chi connectivity index (χ4n) is 2.87. The molecule has 8 heteroatoms. The lowest BCUT2D eigenvalue weighted by Gasteiger charge is -2.05. The summed E-state index contributed by atoms with van der Waals surface area (Å²) >= 11 is 0. The largest absolute Gasteiger partial charge is 0.350 e. The molecule has 0 radical (unpaired) electrons. The van der Waals surface area contributed by atoms with Crippen LogP contribution in [0.25, 0.3) is 16.6 Å². The molecule has 0 bridgehead atoms.